The van der Waals surface area contributed by atoms with Crippen LogP contribution in [-0.4, -0.2) is 46.8 Å². The van der Waals surface area contributed by atoms with Crippen molar-refractivity contribution in [3.8, 4) is 12.0 Å². The molecule has 0 saturated carbocycles. The molecule has 4 rings (SSSR count). The van der Waals surface area contributed by atoms with Gasteiger partial charge in [-0.15, -0.1) is 0 Å². The lowest BCUT2D eigenvalue weighted by atomic mass is 10.2. The maximum atomic E-state index is 11.9. The van der Waals surface area contributed by atoms with E-state index in [4.69, 9.17) is 9.47 Å². The first-order valence-electron chi connectivity index (χ1n) is 9.48. The van der Waals surface area contributed by atoms with Gasteiger partial charge in [0.1, 0.15) is 6.61 Å². The number of aryl methyl sites for hydroxylation is 1. The normalized spacial score (nSPS) is 11.2. The van der Waals surface area contributed by atoms with Gasteiger partial charge in [0.2, 0.25) is 0 Å². The lowest BCUT2D eigenvalue weighted by Crippen LogP contribution is -2.15. The fourth-order valence-electron chi connectivity index (χ4n) is 3.01. The van der Waals surface area contributed by atoms with Crippen molar-refractivity contribution in [2.75, 3.05) is 0 Å². The number of hydrogen-bond donors (Lipinski definition) is 0. The largest absolute Gasteiger partial charge is 0.463 e. The van der Waals surface area contributed by atoms with E-state index >= 15 is 0 Å². The highest BCUT2D eigenvalue weighted by molar-refractivity contribution is 5.78. The predicted molar refractivity (Wildman–Crippen MR) is 107 cm³/mol. The van der Waals surface area contributed by atoms with Crippen LogP contribution in [0.1, 0.15) is 25.2 Å². The summed E-state index contributed by atoms with van der Waals surface area (Å²) in [6.45, 7) is 3.80. The number of benzene rings is 1. The van der Waals surface area contributed by atoms with Crippen molar-refractivity contribution in [3.05, 3.63) is 53.9 Å². The van der Waals surface area contributed by atoms with Gasteiger partial charge >= 0.3 is 12.0 Å². The molecular formula is C20H21N7O3. The number of para-hydroxylation sites is 2. The van der Waals surface area contributed by atoms with Crippen molar-refractivity contribution in [1.29, 1.82) is 0 Å². The van der Waals surface area contributed by atoms with Crippen molar-refractivity contribution in [1.82, 2.24) is 34.7 Å². The summed E-state index contributed by atoms with van der Waals surface area (Å²) in [6.07, 6.45) is -0.0538. The zero-order valence-electron chi connectivity index (χ0n) is 16.9. The molecule has 10 nitrogen and oxygen atoms in total. The second kappa shape index (κ2) is 8.27. The van der Waals surface area contributed by atoms with Gasteiger partial charge in [0, 0.05) is 7.05 Å². The van der Waals surface area contributed by atoms with Gasteiger partial charge in [0.15, 0.2) is 0 Å². The van der Waals surface area contributed by atoms with Gasteiger partial charge in [-0.05, 0) is 48.5 Å². The van der Waals surface area contributed by atoms with Gasteiger partial charge in [0.25, 0.3) is 5.95 Å². The summed E-state index contributed by atoms with van der Waals surface area (Å²) in [4.78, 5) is 20.9. The third-order valence-corrected chi connectivity index (χ3v) is 4.23. The minimum atomic E-state index is -0.313. The SMILES string of the molecule is CC(C)OC(=O)Cc1cccc(COc2nc3ccccc3n2-c2nnnn2C)n1. The molecule has 0 N–H and O–H groups in total. The van der Waals surface area contributed by atoms with Gasteiger partial charge in [-0.25, -0.2) is 9.25 Å². The summed E-state index contributed by atoms with van der Waals surface area (Å²) < 4.78 is 14.4. The topological polar surface area (TPSA) is 110 Å². The minimum absolute atomic E-state index is 0.106. The molecule has 0 radical (unpaired) electrons. The van der Waals surface area contributed by atoms with Crippen LogP contribution in [0, 0.1) is 0 Å². The molecule has 0 bridgehead atoms. The van der Waals surface area contributed by atoms with Crippen LogP contribution in [0.4, 0.5) is 0 Å². The van der Waals surface area contributed by atoms with Crippen molar-refractivity contribution >= 4 is 17.0 Å². The summed E-state index contributed by atoms with van der Waals surface area (Å²) in [5, 5.41) is 11.7. The molecule has 0 unspecified atom stereocenters. The zero-order valence-corrected chi connectivity index (χ0v) is 16.9. The monoisotopic (exact) mass is 407 g/mol. The van der Waals surface area contributed by atoms with Crippen LogP contribution in [0.5, 0.6) is 6.01 Å². The molecule has 0 aliphatic heterocycles. The van der Waals surface area contributed by atoms with Gasteiger partial charge in [-0.3, -0.25) is 9.78 Å². The third kappa shape index (κ3) is 4.12. The summed E-state index contributed by atoms with van der Waals surface area (Å²) in [6, 6.07) is 13.4. The van der Waals surface area contributed by atoms with Crippen molar-refractivity contribution < 1.29 is 14.3 Å². The standard InChI is InChI=1S/C20H21N7O3/c1-13(2)30-18(28)11-14-7-6-8-15(21-14)12-29-20-22-16-9-4-5-10-17(16)27(20)19-23-24-25-26(19)3/h4-10,13H,11-12H2,1-3H3. The molecule has 0 spiro atoms. The Hall–Kier alpha value is -3.82. The van der Waals surface area contributed by atoms with E-state index in [0.717, 1.165) is 11.0 Å². The van der Waals surface area contributed by atoms with Crippen LogP contribution in [-0.2, 0) is 29.6 Å². The second-order valence-electron chi connectivity index (χ2n) is 6.95. The number of nitrogens with zero attached hydrogens (tertiary/aromatic N) is 7. The molecule has 0 amide bonds. The minimum Gasteiger partial charge on any atom is -0.463 e. The van der Waals surface area contributed by atoms with Crippen LogP contribution >= 0.6 is 0 Å². The number of fused-ring (bicyclic) bond motifs is 1. The Morgan fingerprint density at radius 2 is 1.87 bits per heavy atom. The molecular weight excluding hydrogens is 386 g/mol. The van der Waals surface area contributed by atoms with Crippen molar-refractivity contribution in [2.45, 2.75) is 33.0 Å². The van der Waals surface area contributed by atoms with Crippen LogP contribution in [0.25, 0.3) is 17.0 Å². The second-order valence-corrected chi connectivity index (χ2v) is 6.95. The highest BCUT2D eigenvalue weighted by atomic mass is 16.5. The number of rotatable bonds is 7. The predicted octanol–water partition coefficient (Wildman–Crippen LogP) is 2.02. The molecule has 30 heavy (non-hydrogen) atoms. The summed E-state index contributed by atoms with van der Waals surface area (Å²) in [5.74, 6) is 0.170. The van der Waals surface area contributed by atoms with E-state index in [0.29, 0.717) is 23.3 Å². The number of tetrazole rings is 1. The lowest BCUT2D eigenvalue weighted by Gasteiger charge is -2.10. The Labute approximate surface area is 172 Å². The van der Waals surface area contributed by atoms with Crippen molar-refractivity contribution in [2.24, 2.45) is 7.05 Å². The smallest absolute Gasteiger partial charge is 0.312 e. The van der Waals surface area contributed by atoms with E-state index < -0.39 is 0 Å². The number of imidazole rings is 1. The third-order valence-electron chi connectivity index (χ3n) is 4.23. The van der Waals surface area contributed by atoms with Crippen LogP contribution < -0.4 is 4.74 Å². The fourth-order valence-corrected chi connectivity index (χ4v) is 3.01. The highest BCUT2D eigenvalue weighted by Crippen LogP contribution is 2.25. The average molecular weight is 407 g/mol. The average Bonchev–Trinajstić information content (AvgIpc) is 3.28. The quantitative estimate of drug-likeness (QED) is 0.428. The molecule has 0 aliphatic rings. The van der Waals surface area contributed by atoms with E-state index in [2.05, 4.69) is 25.5 Å². The number of pyridine rings is 1. The van der Waals surface area contributed by atoms with E-state index in [1.54, 1.807) is 22.4 Å². The summed E-state index contributed by atoms with van der Waals surface area (Å²) in [7, 11) is 1.75. The maximum Gasteiger partial charge on any atom is 0.312 e. The molecule has 154 valence electrons. The summed E-state index contributed by atoms with van der Waals surface area (Å²) >= 11 is 0. The highest BCUT2D eigenvalue weighted by Gasteiger charge is 2.18. The Morgan fingerprint density at radius 1 is 1.07 bits per heavy atom. The Balaban J connectivity index is 1.57. The van der Waals surface area contributed by atoms with Gasteiger partial charge in [-0.1, -0.05) is 23.3 Å². The Bertz CT molecular complexity index is 1180. The van der Waals surface area contributed by atoms with Gasteiger partial charge < -0.3 is 9.47 Å². The first kappa shape index (κ1) is 19.5. The van der Waals surface area contributed by atoms with Crippen molar-refractivity contribution in [3.63, 3.8) is 0 Å². The number of esters is 1. The molecule has 1 aromatic carbocycles. The number of aromatic nitrogens is 7. The molecule has 4 aromatic rings. The first-order valence-corrected chi connectivity index (χ1v) is 9.48. The van der Waals surface area contributed by atoms with Gasteiger partial charge in [-0.2, -0.15) is 4.98 Å². The molecule has 0 atom stereocenters. The molecule has 0 saturated heterocycles. The molecule has 0 fully saturated rings. The van der Waals surface area contributed by atoms with E-state index in [9.17, 15) is 4.79 Å². The zero-order chi connectivity index (χ0) is 21.1. The Kier molecular flexibility index (Phi) is 5.38. The molecule has 10 heteroatoms. The fraction of sp³-hybridized carbons (Fsp3) is 0.300. The number of carbonyl (C=O) groups is 1. The van der Waals surface area contributed by atoms with Crippen LogP contribution in [0.2, 0.25) is 0 Å². The molecule has 3 heterocycles. The van der Waals surface area contributed by atoms with Crippen LogP contribution in [0.15, 0.2) is 42.5 Å². The van der Waals surface area contributed by atoms with Gasteiger partial charge in [0.05, 0.1) is 34.9 Å². The lowest BCUT2D eigenvalue weighted by molar-refractivity contribution is -0.146. The molecule has 0 aliphatic carbocycles. The number of carbonyl (C=O) groups excluding carboxylic acids is 1. The molecule has 3 aromatic heterocycles. The van der Waals surface area contributed by atoms with Crippen LogP contribution in [0.3, 0.4) is 0 Å². The van der Waals surface area contributed by atoms with E-state index in [-0.39, 0.29) is 25.1 Å². The Morgan fingerprint density at radius 3 is 2.63 bits per heavy atom. The van der Waals surface area contributed by atoms with E-state index in [1.807, 2.05) is 50.2 Å². The summed E-state index contributed by atoms with van der Waals surface area (Å²) in [5.41, 5.74) is 2.87. The van der Waals surface area contributed by atoms with E-state index in [1.165, 1.54) is 0 Å². The number of ether oxygens (including phenoxy) is 2. The maximum absolute atomic E-state index is 11.9. The number of hydrogen-bond acceptors (Lipinski definition) is 8. The first-order chi connectivity index (χ1) is 14.5.